The molecular weight excluding hydrogens is 254 g/mol. The van der Waals surface area contributed by atoms with Gasteiger partial charge in [-0.25, -0.2) is 4.98 Å². The molecule has 6 heteroatoms. The van der Waals surface area contributed by atoms with Crippen molar-refractivity contribution in [3.8, 4) is 5.75 Å². The van der Waals surface area contributed by atoms with Gasteiger partial charge in [0, 0.05) is 30.7 Å². The number of nitrogens with two attached hydrogens (primary N) is 1. The number of rotatable bonds is 5. The zero-order valence-corrected chi connectivity index (χ0v) is 11.7. The summed E-state index contributed by atoms with van der Waals surface area (Å²) in [4.78, 5) is 8.44. The molecule has 0 saturated heterocycles. The SMILES string of the molecule is COc1cccc(NC(N)=NCCn2ccnc2C)c1. The van der Waals surface area contributed by atoms with Crippen molar-refractivity contribution in [3.05, 3.63) is 42.5 Å². The van der Waals surface area contributed by atoms with E-state index >= 15 is 0 Å². The summed E-state index contributed by atoms with van der Waals surface area (Å²) in [5.74, 6) is 2.13. The van der Waals surface area contributed by atoms with Gasteiger partial charge in [-0.2, -0.15) is 0 Å². The Balaban J connectivity index is 1.89. The molecule has 20 heavy (non-hydrogen) atoms. The van der Waals surface area contributed by atoms with E-state index in [0.717, 1.165) is 23.8 Å². The highest BCUT2D eigenvalue weighted by molar-refractivity contribution is 5.92. The average Bonchev–Trinajstić information content (AvgIpc) is 2.85. The Morgan fingerprint density at radius 1 is 1.50 bits per heavy atom. The first-order valence-corrected chi connectivity index (χ1v) is 6.38. The van der Waals surface area contributed by atoms with E-state index in [-0.39, 0.29) is 0 Å². The number of ether oxygens (including phenoxy) is 1. The van der Waals surface area contributed by atoms with Crippen molar-refractivity contribution in [1.29, 1.82) is 0 Å². The second-order valence-corrected chi connectivity index (χ2v) is 4.29. The molecule has 0 radical (unpaired) electrons. The number of benzene rings is 1. The number of hydrogen-bond donors (Lipinski definition) is 2. The number of methoxy groups -OCH3 is 1. The topological polar surface area (TPSA) is 77.5 Å². The standard InChI is InChI=1S/C14H19N5O/c1-11-16-6-8-19(11)9-7-17-14(15)18-12-4-3-5-13(10-12)20-2/h3-6,8,10H,7,9H2,1-2H3,(H3,15,17,18). The Bertz CT molecular complexity index is 591. The molecule has 0 aliphatic carbocycles. The van der Waals surface area contributed by atoms with Crippen LogP contribution in [0.3, 0.4) is 0 Å². The van der Waals surface area contributed by atoms with Gasteiger partial charge in [0.25, 0.3) is 0 Å². The van der Waals surface area contributed by atoms with Crippen molar-refractivity contribution in [1.82, 2.24) is 9.55 Å². The summed E-state index contributed by atoms with van der Waals surface area (Å²) >= 11 is 0. The smallest absolute Gasteiger partial charge is 0.193 e. The molecule has 6 nitrogen and oxygen atoms in total. The molecule has 0 atom stereocenters. The van der Waals surface area contributed by atoms with E-state index in [0.29, 0.717) is 12.5 Å². The fourth-order valence-electron chi connectivity index (χ4n) is 1.81. The summed E-state index contributed by atoms with van der Waals surface area (Å²) < 4.78 is 7.18. The third-order valence-electron chi connectivity index (χ3n) is 2.89. The summed E-state index contributed by atoms with van der Waals surface area (Å²) in [6.45, 7) is 3.31. The van der Waals surface area contributed by atoms with Crippen LogP contribution < -0.4 is 15.8 Å². The Kier molecular flexibility index (Phi) is 4.60. The van der Waals surface area contributed by atoms with Gasteiger partial charge < -0.3 is 20.4 Å². The molecule has 0 unspecified atom stereocenters. The Morgan fingerprint density at radius 3 is 3.05 bits per heavy atom. The number of nitrogens with one attached hydrogen (secondary N) is 1. The van der Waals surface area contributed by atoms with Gasteiger partial charge in [0.1, 0.15) is 11.6 Å². The molecule has 2 rings (SSSR count). The molecule has 0 aliphatic rings. The average molecular weight is 273 g/mol. The molecule has 0 fully saturated rings. The molecule has 0 spiro atoms. The van der Waals surface area contributed by atoms with Gasteiger partial charge in [-0.05, 0) is 19.1 Å². The van der Waals surface area contributed by atoms with Crippen molar-refractivity contribution in [2.24, 2.45) is 10.7 Å². The van der Waals surface area contributed by atoms with Gasteiger partial charge >= 0.3 is 0 Å². The first-order valence-electron chi connectivity index (χ1n) is 6.38. The lowest BCUT2D eigenvalue weighted by atomic mass is 10.3. The number of nitrogens with zero attached hydrogens (tertiary/aromatic N) is 3. The number of imidazole rings is 1. The van der Waals surface area contributed by atoms with Gasteiger partial charge in [0.2, 0.25) is 0 Å². The minimum absolute atomic E-state index is 0.385. The van der Waals surface area contributed by atoms with Crippen LogP contribution in [0.15, 0.2) is 41.7 Å². The molecule has 1 aromatic heterocycles. The monoisotopic (exact) mass is 273 g/mol. The maximum Gasteiger partial charge on any atom is 0.193 e. The zero-order valence-electron chi connectivity index (χ0n) is 11.7. The Labute approximate surface area is 118 Å². The normalized spacial score (nSPS) is 11.4. The van der Waals surface area contributed by atoms with Crippen LogP contribution in [0.2, 0.25) is 0 Å². The third-order valence-corrected chi connectivity index (χ3v) is 2.89. The van der Waals surface area contributed by atoms with Crippen molar-refractivity contribution in [2.75, 3.05) is 19.0 Å². The second kappa shape index (κ2) is 6.60. The Morgan fingerprint density at radius 2 is 2.35 bits per heavy atom. The maximum atomic E-state index is 5.85. The molecule has 0 aliphatic heterocycles. The van der Waals surface area contributed by atoms with Gasteiger partial charge in [0.15, 0.2) is 5.96 Å². The predicted octanol–water partition coefficient (Wildman–Crippen LogP) is 1.63. The number of guanidine groups is 1. The largest absolute Gasteiger partial charge is 0.497 e. The van der Waals surface area contributed by atoms with E-state index < -0.39 is 0 Å². The first-order chi connectivity index (χ1) is 9.69. The van der Waals surface area contributed by atoms with Crippen molar-refractivity contribution < 1.29 is 4.74 Å². The van der Waals surface area contributed by atoms with E-state index in [1.165, 1.54) is 0 Å². The number of aromatic nitrogens is 2. The first kappa shape index (κ1) is 13.9. The fraction of sp³-hybridized carbons (Fsp3) is 0.286. The van der Waals surface area contributed by atoms with E-state index in [1.807, 2.05) is 42.0 Å². The van der Waals surface area contributed by atoms with Gasteiger partial charge in [-0.15, -0.1) is 0 Å². The molecule has 0 bridgehead atoms. The molecule has 0 saturated carbocycles. The van der Waals surface area contributed by atoms with Crippen molar-refractivity contribution in [2.45, 2.75) is 13.5 Å². The summed E-state index contributed by atoms with van der Waals surface area (Å²) in [5.41, 5.74) is 6.70. The van der Waals surface area contributed by atoms with Crippen molar-refractivity contribution in [3.63, 3.8) is 0 Å². The lowest BCUT2D eigenvalue weighted by molar-refractivity contribution is 0.415. The minimum atomic E-state index is 0.385. The summed E-state index contributed by atoms with van der Waals surface area (Å²) in [6, 6.07) is 7.54. The second-order valence-electron chi connectivity index (χ2n) is 4.29. The highest BCUT2D eigenvalue weighted by atomic mass is 16.5. The summed E-state index contributed by atoms with van der Waals surface area (Å²) in [6.07, 6.45) is 3.70. The van der Waals surface area contributed by atoms with Crippen LogP contribution >= 0.6 is 0 Å². The predicted molar refractivity (Wildman–Crippen MR) is 80.1 cm³/mol. The molecule has 2 aromatic rings. The summed E-state index contributed by atoms with van der Waals surface area (Å²) in [7, 11) is 1.63. The highest BCUT2D eigenvalue weighted by Crippen LogP contribution is 2.16. The maximum absolute atomic E-state index is 5.85. The molecule has 0 amide bonds. The minimum Gasteiger partial charge on any atom is -0.497 e. The van der Waals surface area contributed by atoms with E-state index in [9.17, 15) is 0 Å². The lowest BCUT2D eigenvalue weighted by Gasteiger charge is -2.07. The molecule has 1 heterocycles. The van der Waals surface area contributed by atoms with Crippen LogP contribution in [-0.4, -0.2) is 29.2 Å². The molecular formula is C14H19N5O. The van der Waals surface area contributed by atoms with Crippen LogP contribution in [0.1, 0.15) is 5.82 Å². The van der Waals surface area contributed by atoms with Crippen LogP contribution in [0.4, 0.5) is 5.69 Å². The van der Waals surface area contributed by atoms with Crippen molar-refractivity contribution >= 4 is 11.6 Å². The van der Waals surface area contributed by atoms with Crippen LogP contribution in [0, 0.1) is 6.92 Å². The number of aryl methyl sites for hydroxylation is 1. The number of aliphatic imine (C=N–C) groups is 1. The van der Waals surface area contributed by atoms with Gasteiger partial charge in [-0.3, -0.25) is 4.99 Å². The van der Waals surface area contributed by atoms with Gasteiger partial charge in [0.05, 0.1) is 13.7 Å². The van der Waals surface area contributed by atoms with E-state index in [2.05, 4.69) is 15.3 Å². The molecule has 106 valence electrons. The quantitative estimate of drug-likeness (QED) is 0.641. The lowest BCUT2D eigenvalue weighted by Crippen LogP contribution is -2.23. The van der Waals surface area contributed by atoms with E-state index in [4.69, 9.17) is 10.5 Å². The number of anilines is 1. The van der Waals surface area contributed by atoms with E-state index in [1.54, 1.807) is 13.3 Å². The Hall–Kier alpha value is -2.50. The van der Waals surface area contributed by atoms with Crippen LogP contribution in [0.5, 0.6) is 5.75 Å². The molecule has 1 aromatic carbocycles. The fourth-order valence-corrected chi connectivity index (χ4v) is 1.81. The number of hydrogen-bond acceptors (Lipinski definition) is 3. The van der Waals surface area contributed by atoms with Gasteiger partial charge in [-0.1, -0.05) is 6.07 Å². The summed E-state index contributed by atoms with van der Waals surface area (Å²) in [5, 5.41) is 3.03. The third kappa shape index (κ3) is 3.74. The zero-order chi connectivity index (χ0) is 14.4. The molecule has 3 N–H and O–H groups in total. The van der Waals surface area contributed by atoms with Crippen LogP contribution in [0.25, 0.3) is 0 Å². The van der Waals surface area contributed by atoms with Crippen LogP contribution in [-0.2, 0) is 6.54 Å². The highest BCUT2D eigenvalue weighted by Gasteiger charge is 1.98.